The maximum atomic E-state index is 10.4. The SMILES string of the molecule is CCNC(=NCC(C)(O)c1ccco1)NCCNC(C)(C)C. The molecule has 4 N–H and O–H groups in total. The minimum Gasteiger partial charge on any atom is -0.466 e. The second kappa shape index (κ2) is 8.19. The van der Waals surface area contributed by atoms with E-state index in [2.05, 4.69) is 41.7 Å². The average molecular weight is 310 g/mol. The monoisotopic (exact) mass is 310 g/mol. The number of hydrogen-bond donors (Lipinski definition) is 4. The summed E-state index contributed by atoms with van der Waals surface area (Å²) in [7, 11) is 0. The molecule has 0 aromatic carbocycles. The number of aliphatic imine (C=N–C) groups is 1. The van der Waals surface area contributed by atoms with Crippen LogP contribution in [-0.2, 0) is 5.60 Å². The third kappa shape index (κ3) is 6.95. The summed E-state index contributed by atoms with van der Waals surface area (Å²) in [5.74, 6) is 1.20. The fourth-order valence-corrected chi connectivity index (χ4v) is 1.86. The first-order valence-corrected chi connectivity index (χ1v) is 7.78. The molecule has 0 spiro atoms. The van der Waals surface area contributed by atoms with Crippen LogP contribution in [0.2, 0.25) is 0 Å². The van der Waals surface area contributed by atoms with Crippen molar-refractivity contribution in [3.63, 3.8) is 0 Å². The zero-order valence-electron chi connectivity index (χ0n) is 14.4. The minimum absolute atomic E-state index is 0.0974. The molecule has 22 heavy (non-hydrogen) atoms. The third-order valence-electron chi connectivity index (χ3n) is 3.01. The third-order valence-corrected chi connectivity index (χ3v) is 3.01. The lowest BCUT2D eigenvalue weighted by molar-refractivity contribution is 0.0437. The molecule has 6 nitrogen and oxygen atoms in total. The van der Waals surface area contributed by atoms with Gasteiger partial charge in [0.2, 0.25) is 0 Å². The van der Waals surface area contributed by atoms with Gasteiger partial charge in [-0.1, -0.05) is 0 Å². The Morgan fingerprint density at radius 1 is 1.23 bits per heavy atom. The molecule has 6 heteroatoms. The van der Waals surface area contributed by atoms with Gasteiger partial charge in [-0.05, 0) is 46.8 Å². The Morgan fingerprint density at radius 2 is 1.95 bits per heavy atom. The van der Waals surface area contributed by atoms with Crippen LogP contribution in [0.4, 0.5) is 0 Å². The second-order valence-corrected chi connectivity index (χ2v) is 6.55. The number of aliphatic hydroxyl groups is 1. The number of furan rings is 1. The first kappa shape index (κ1) is 18.5. The Labute approximate surface area is 133 Å². The number of nitrogens with zero attached hydrogens (tertiary/aromatic N) is 1. The van der Waals surface area contributed by atoms with E-state index in [1.54, 1.807) is 25.3 Å². The minimum atomic E-state index is -1.12. The van der Waals surface area contributed by atoms with E-state index in [0.29, 0.717) is 11.7 Å². The fourth-order valence-electron chi connectivity index (χ4n) is 1.86. The van der Waals surface area contributed by atoms with E-state index in [0.717, 1.165) is 19.6 Å². The Morgan fingerprint density at radius 3 is 2.50 bits per heavy atom. The maximum Gasteiger partial charge on any atom is 0.191 e. The summed E-state index contributed by atoms with van der Waals surface area (Å²) >= 11 is 0. The molecule has 0 saturated heterocycles. The van der Waals surface area contributed by atoms with Crippen molar-refractivity contribution in [3.05, 3.63) is 24.2 Å². The summed E-state index contributed by atoms with van der Waals surface area (Å²) in [6, 6.07) is 3.51. The fraction of sp³-hybridized carbons (Fsp3) is 0.688. The Kier molecular flexibility index (Phi) is 6.90. The number of rotatable bonds is 7. The molecule has 0 aliphatic rings. The summed E-state index contributed by atoms with van der Waals surface area (Å²) in [4.78, 5) is 4.43. The normalized spacial score (nSPS) is 15.5. The van der Waals surface area contributed by atoms with Gasteiger partial charge in [-0.3, -0.25) is 0 Å². The van der Waals surface area contributed by atoms with Crippen molar-refractivity contribution in [2.24, 2.45) is 4.99 Å². The standard InChI is InChI=1S/C16H30N4O2/c1-6-17-14(18-9-10-20-15(2,3)4)19-12-16(5,21)13-8-7-11-22-13/h7-8,11,20-21H,6,9-10,12H2,1-5H3,(H2,17,18,19). The molecule has 1 rings (SSSR count). The summed E-state index contributed by atoms with van der Waals surface area (Å²) in [5, 5.41) is 20.2. The maximum absolute atomic E-state index is 10.4. The molecule has 1 aromatic rings. The van der Waals surface area contributed by atoms with Gasteiger partial charge in [-0.25, -0.2) is 4.99 Å². The van der Waals surface area contributed by atoms with Crippen molar-refractivity contribution in [2.75, 3.05) is 26.2 Å². The van der Waals surface area contributed by atoms with Crippen molar-refractivity contribution >= 4 is 5.96 Å². The molecule has 1 unspecified atom stereocenters. The molecule has 1 heterocycles. The molecular weight excluding hydrogens is 280 g/mol. The summed E-state index contributed by atoms with van der Waals surface area (Å²) < 4.78 is 5.26. The van der Waals surface area contributed by atoms with Crippen molar-refractivity contribution in [1.82, 2.24) is 16.0 Å². The van der Waals surface area contributed by atoms with Crippen LogP contribution in [0, 0.1) is 0 Å². The van der Waals surface area contributed by atoms with Crippen molar-refractivity contribution < 1.29 is 9.52 Å². The van der Waals surface area contributed by atoms with Crippen molar-refractivity contribution in [2.45, 2.75) is 45.8 Å². The molecule has 0 radical (unpaired) electrons. The quantitative estimate of drug-likeness (QED) is 0.348. The zero-order valence-corrected chi connectivity index (χ0v) is 14.4. The van der Waals surface area contributed by atoms with Crippen molar-refractivity contribution in [1.29, 1.82) is 0 Å². The van der Waals surface area contributed by atoms with Gasteiger partial charge >= 0.3 is 0 Å². The van der Waals surface area contributed by atoms with Gasteiger partial charge in [0.1, 0.15) is 11.4 Å². The van der Waals surface area contributed by atoms with E-state index < -0.39 is 5.60 Å². The van der Waals surface area contributed by atoms with Gasteiger partial charge in [0.05, 0.1) is 12.8 Å². The number of hydrogen-bond acceptors (Lipinski definition) is 4. The highest BCUT2D eigenvalue weighted by Gasteiger charge is 2.26. The van der Waals surface area contributed by atoms with Crippen LogP contribution in [0.25, 0.3) is 0 Å². The molecule has 0 saturated carbocycles. The first-order valence-electron chi connectivity index (χ1n) is 7.78. The van der Waals surface area contributed by atoms with Crippen LogP contribution >= 0.6 is 0 Å². The summed E-state index contributed by atoms with van der Waals surface area (Å²) in [6.45, 7) is 12.7. The van der Waals surface area contributed by atoms with Gasteiger partial charge in [-0.15, -0.1) is 0 Å². The molecular formula is C16H30N4O2. The van der Waals surface area contributed by atoms with Gasteiger partial charge in [0.15, 0.2) is 5.96 Å². The highest BCUT2D eigenvalue weighted by molar-refractivity contribution is 5.79. The molecule has 0 amide bonds. The molecule has 126 valence electrons. The highest BCUT2D eigenvalue weighted by atomic mass is 16.4. The van der Waals surface area contributed by atoms with Crippen LogP contribution in [0.1, 0.15) is 40.4 Å². The van der Waals surface area contributed by atoms with Crippen LogP contribution in [0.15, 0.2) is 27.8 Å². The predicted molar refractivity (Wildman–Crippen MR) is 90.0 cm³/mol. The molecule has 0 aliphatic heterocycles. The Hall–Kier alpha value is -1.53. The first-order chi connectivity index (χ1) is 10.2. The average Bonchev–Trinajstić information content (AvgIpc) is 2.94. The molecule has 0 aliphatic carbocycles. The zero-order chi connectivity index (χ0) is 16.6. The lowest BCUT2D eigenvalue weighted by Gasteiger charge is -2.22. The van der Waals surface area contributed by atoms with Gasteiger partial charge in [0, 0.05) is 25.2 Å². The Bertz CT molecular complexity index is 447. The van der Waals surface area contributed by atoms with Gasteiger partial charge in [0.25, 0.3) is 0 Å². The number of nitrogens with one attached hydrogen (secondary N) is 3. The molecule has 1 atom stereocenters. The smallest absolute Gasteiger partial charge is 0.191 e. The van der Waals surface area contributed by atoms with E-state index >= 15 is 0 Å². The summed E-state index contributed by atoms with van der Waals surface area (Å²) in [6.07, 6.45) is 1.55. The lowest BCUT2D eigenvalue weighted by Crippen LogP contribution is -2.45. The van der Waals surface area contributed by atoms with Gasteiger partial charge < -0.3 is 25.5 Å². The van der Waals surface area contributed by atoms with Crippen LogP contribution in [0.5, 0.6) is 0 Å². The Balaban J connectivity index is 2.51. The molecule has 0 fully saturated rings. The van der Waals surface area contributed by atoms with Crippen LogP contribution in [0.3, 0.4) is 0 Å². The number of guanidine groups is 1. The summed E-state index contributed by atoms with van der Waals surface area (Å²) in [5.41, 5.74) is -1.02. The van der Waals surface area contributed by atoms with E-state index in [-0.39, 0.29) is 12.1 Å². The second-order valence-electron chi connectivity index (χ2n) is 6.55. The molecule has 0 bridgehead atoms. The van der Waals surface area contributed by atoms with Crippen molar-refractivity contribution in [3.8, 4) is 0 Å². The predicted octanol–water partition coefficient (Wildman–Crippen LogP) is 1.43. The topological polar surface area (TPSA) is 81.8 Å². The van der Waals surface area contributed by atoms with E-state index in [1.165, 1.54) is 0 Å². The van der Waals surface area contributed by atoms with E-state index in [1.807, 2.05) is 6.92 Å². The van der Waals surface area contributed by atoms with Gasteiger partial charge in [-0.2, -0.15) is 0 Å². The van der Waals surface area contributed by atoms with E-state index in [9.17, 15) is 5.11 Å². The molecule has 1 aromatic heterocycles. The largest absolute Gasteiger partial charge is 0.466 e. The van der Waals surface area contributed by atoms with E-state index in [4.69, 9.17) is 4.42 Å². The lowest BCUT2D eigenvalue weighted by atomic mass is 10.0. The van der Waals surface area contributed by atoms with Crippen LogP contribution in [-0.4, -0.2) is 42.8 Å². The highest BCUT2D eigenvalue weighted by Crippen LogP contribution is 2.20. The van der Waals surface area contributed by atoms with Crippen LogP contribution < -0.4 is 16.0 Å².